The topological polar surface area (TPSA) is 35.0 Å². The molecule has 3 aromatic rings. The number of hydrogen-bond acceptors (Lipinski definition) is 3. The van der Waals surface area contributed by atoms with Crippen molar-refractivity contribution in [3.8, 4) is 28.4 Å². The molecule has 0 spiro atoms. The van der Waals surface area contributed by atoms with Crippen molar-refractivity contribution in [3.05, 3.63) is 66.9 Å². The molecule has 0 radical (unpaired) electrons. The van der Waals surface area contributed by atoms with Gasteiger partial charge in [-0.3, -0.25) is 4.98 Å². The molecule has 0 unspecified atom stereocenters. The molecule has 98 valence electrons. The van der Waals surface area contributed by atoms with Gasteiger partial charge in [0.2, 0.25) is 0 Å². The predicted octanol–water partition coefficient (Wildman–Crippen LogP) is 3.82. The zero-order valence-corrected chi connectivity index (χ0v) is 11.2. The highest BCUT2D eigenvalue weighted by atomic mass is 16.5. The minimum atomic E-state index is 0.818. The van der Waals surface area contributed by atoms with Gasteiger partial charge in [0.15, 0.2) is 0 Å². The van der Waals surface area contributed by atoms with E-state index in [-0.39, 0.29) is 0 Å². The van der Waals surface area contributed by atoms with Crippen LogP contribution in [-0.2, 0) is 0 Å². The van der Waals surface area contributed by atoms with Gasteiger partial charge in [-0.25, -0.2) is 4.98 Å². The first-order valence-electron chi connectivity index (χ1n) is 6.40. The van der Waals surface area contributed by atoms with Crippen LogP contribution in [-0.4, -0.2) is 17.1 Å². The molecule has 3 heteroatoms. The van der Waals surface area contributed by atoms with Crippen LogP contribution < -0.4 is 4.74 Å². The van der Waals surface area contributed by atoms with Crippen molar-refractivity contribution >= 4 is 0 Å². The first-order valence-corrected chi connectivity index (χ1v) is 6.40. The Morgan fingerprint density at radius 1 is 0.750 bits per heavy atom. The maximum atomic E-state index is 5.39. The molecule has 1 aromatic carbocycles. The monoisotopic (exact) mass is 262 g/mol. The minimum Gasteiger partial charge on any atom is -0.496 e. The zero-order chi connectivity index (χ0) is 13.8. The Morgan fingerprint density at radius 2 is 1.50 bits per heavy atom. The van der Waals surface area contributed by atoms with Crippen LogP contribution in [0.4, 0.5) is 0 Å². The molecule has 0 atom stereocenters. The molecule has 0 amide bonds. The molecule has 0 fully saturated rings. The summed E-state index contributed by atoms with van der Waals surface area (Å²) in [5.74, 6) is 0.818. The lowest BCUT2D eigenvalue weighted by atomic mass is 10.1. The third kappa shape index (κ3) is 2.38. The van der Waals surface area contributed by atoms with Crippen molar-refractivity contribution in [1.29, 1.82) is 0 Å². The van der Waals surface area contributed by atoms with E-state index >= 15 is 0 Å². The molecule has 2 aromatic heterocycles. The molecule has 0 saturated heterocycles. The van der Waals surface area contributed by atoms with E-state index in [1.54, 1.807) is 13.3 Å². The second kappa shape index (κ2) is 5.53. The van der Waals surface area contributed by atoms with E-state index in [0.717, 1.165) is 28.4 Å². The molecule has 3 rings (SSSR count). The Kier molecular flexibility index (Phi) is 3.42. The molecule has 0 saturated carbocycles. The van der Waals surface area contributed by atoms with Gasteiger partial charge in [-0.05, 0) is 36.4 Å². The van der Waals surface area contributed by atoms with Crippen LogP contribution >= 0.6 is 0 Å². The Balaban J connectivity index is 2.08. The minimum absolute atomic E-state index is 0.818. The van der Waals surface area contributed by atoms with Crippen molar-refractivity contribution in [2.45, 2.75) is 0 Å². The quantitative estimate of drug-likeness (QED) is 0.719. The summed E-state index contributed by atoms with van der Waals surface area (Å²) in [4.78, 5) is 9.01. The lowest BCUT2D eigenvalue weighted by molar-refractivity contribution is 0.416. The van der Waals surface area contributed by atoms with E-state index in [1.165, 1.54) is 0 Å². The van der Waals surface area contributed by atoms with Gasteiger partial charge in [0.05, 0.1) is 24.2 Å². The van der Waals surface area contributed by atoms with Crippen LogP contribution in [0.3, 0.4) is 0 Å². The number of benzene rings is 1. The summed E-state index contributed by atoms with van der Waals surface area (Å²) in [6, 6.07) is 19.6. The number of pyridine rings is 2. The van der Waals surface area contributed by atoms with E-state index in [0.29, 0.717) is 0 Å². The molecule has 0 aliphatic carbocycles. The van der Waals surface area contributed by atoms with Crippen LogP contribution in [0.5, 0.6) is 5.75 Å². The highest BCUT2D eigenvalue weighted by molar-refractivity contribution is 5.69. The third-order valence-electron chi connectivity index (χ3n) is 3.06. The van der Waals surface area contributed by atoms with Gasteiger partial charge < -0.3 is 4.74 Å². The van der Waals surface area contributed by atoms with E-state index < -0.39 is 0 Å². The number of methoxy groups -OCH3 is 1. The van der Waals surface area contributed by atoms with Crippen molar-refractivity contribution in [3.63, 3.8) is 0 Å². The third-order valence-corrected chi connectivity index (χ3v) is 3.06. The van der Waals surface area contributed by atoms with Crippen LogP contribution in [0.1, 0.15) is 0 Å². The highest BCUT2D eigenvalue weighted by Crippen LogP contribution is 2.29. The standard InChI is InChI=1S/C17H14N2O/c1-20-17-11-3-2-7-13(17)14-9-6-10-16(19-14)15-8-4-5-12-18-15/h2-12H,1H3. The lowest BCUT2D eigenvalue weighted by Crippen LogP contribution is -1.92. The van der Waals surface area contributed by atoms with Gasteiger partial charge in [-0.1, -0.05) is 24.3 Å². The predicted molar refractivity (Wildman–Crippen MR) is 79.5 cm³/mol. The number of ether oxygens (including phenoxy) is 1. The molecular weight excluding hydrogens is 248 g/mol. The van der Waals surface area contributed by atoms with Crippen molar-refractivity contribution in [1.82, 2.24) is 9.97 Å². The fraction of sp³-hybridized carbons (Fsp3) is 0.0588. The van der Waals surface area contributed by atoms with Crippen LogP contribution in [0.15, 0.2) is 66.9 Å². The zero-order valence-electron chi connectivity index (χ0n) is 11.2. The Bertz CT molecular complexity index is 711. The number of nitrogens with zero attached hydrogens (tertiary/aromatic N) is 2. The van der Waals surface area contributed by atoms with E-state index in [9.17, 15) is 0 Å². The van der Waals surface area contributed by atoms with Gasteiger partial charge in [0.1, 0.15) is 5.75 Å². The average Bonchev–Trinajstić information content (AvgIpc) is 2.56. The summed E-state index contributed by atoms with van der Waals surface area (Å²) in [7, 11) is 1.67. The van der Waals surface area contributed by atoms with Crippen molar-refractivity contribution < 1.29 is 4.74 Å². The Morgan fingerprint density at radius 3 is 2.30 bits per heavy atom. The number of aromatic nitrogens is 2. The Labute approximate surface area is 117 Å². The SMILES string of the molecule is COc1ccccc1-c1cccc(-c2ccccn2)n1. The first kappa shape index (κ1) is 12.4. The van der Waals surface area contributed by atoms with Gasteiger partial charge in [0.25, 0.3) is 0 Å². The molecule has 3 nitrogen and oxygen atoms in total. The fourth-order valence-corrected chi connectivity index (χ4v) is 2.10. The lowest BCUT2D eigenvalue weighted by Gasteiger charge is -2.08. The summed E-state index contributed by atoms with van der Waals surface area (Å²) < 4.78 is 5.39. The Hall–Kier alpha value is -2.68. The summed E-state index contributed by atoms with van der Waals surface area (Å²) in [5, 5.41) is 0. The molecular formula is C17H14N2O. The smallest absolute Gasteiger partial charge is 0.128 e. The second-order valence-electron chi connectivity index (χ2n) is 4.32. The van der Waals surface area contributed by atoms with Crippen molar-refractivity contribution in [2.75, 3.05) is 7.11 Å². The molecule has 2 heterocycles. The van der Waals surface area contributed by atoms with Gasteiger partial charge >= 0.3 is 0 Å². The summed E-state index contributed by atoms with van der Waals surface area (Å²) in [6.07, 6.45) is 1.77. The van der Waals surface area contributed by atoms with Crippen molar-refractivity contribution in [2.24, 2.45) is 0 Å². The summed E-state index contributed by atoms with van der Waals surface area (Å²) in [6.45, 7) is 0. The molecule has 0 aliphatic heterocycles. The second-order valence-corrected chi connectivity index (χ2v) is 4.32. The van der Waals surface area contributed by atoms with E-state index in [4.69, 9.17) is 4.74 Å². The number of para-hydroxylation sites is 1. The molecule has 0 aliphatic rings. The average molecular weight is 262 g/mol. The summed E-state index contributed by atoms with van der Waals surface area (Å²) in [5.41, 5.74) is 3.58. The number of rotatable bonds is 3. The van der Waals surface area contributed by atoms with Crippen LogP contribution in [0.25, 0.3) is 22.6 Å². The van der Waals surface area contributed by atoms with Gasteiger partial charge in [-0.15, -0.1) is 0 Å². The number of hydrogen-bond donors (Lipinski definition) is 0. The van der Waals surface area contributed by atoms with Crippen LogP contribution in [0.2, 0.25) is 0 Å². The van der Waals surface area contributed by atoms with E-state index in [1.807, 2.05) is 60.7 Å². The largest absolute Gasteiger partial charge is 0.496 e. The van der Waals surface area contributed by atoms with Gasteiger partial charge in [-0.2, -0.15) is 0 Å². The maximum absolute atomic E-state index is 5.39. The molecule has 0 bridgehead atoms. The first-order chi connectivity index (χ1) is 9.88. The normalized spacial score (nSPS) is 10.2. The van der Waals surface area contributed by atoms with E-state index in [2.05, 4.69) is 9.97 Å². The fourth-order valence-electron chi connectivity index (χ4n) is 2.10. The molecule has 0 N–H and O–H groups in total. The van der Waals surface area contributed by atoms with Gasteiger partial charge in [0, 0.05) is 11.8 Å². The molecule has 20 heavy (non-hydrogen) atoms. The summed E-state index contributed by atoms with van der Waals surface area (Å²) >= 11 is 0. The highest BCUT2D eigenvalue weighted by Gasteiger charge is 2.08. The maximum Gasteiger partial charge on any atom is 0.128 e. The van der Waals surface area contributed by atoms with Crippen LogP contribution in [0, 0.1) is 0 Å².